The van der Waals surface area contributed by atoms with Crippen molar-refractivity contribution in [3.63, 3.8) is 0 Å². The lowest BCUT2D eigenvalue weighted by Crippen LogP contribution is -2.20. The van der Waals surface area contributed by atoms with Gasteiger partial charge in [-0.2, -0.15) is 5.26 Å². The molecule has 0 saturated heterocycles. The minimum absolute atomic E-state index is 0.0115. The summed E-state index contributed by atoms with van der Waals surface area (Å²) < 4.78 is 39.9. The molecule has 1 aromatic rings. The van der Waals surface area contributed by atoms with Crippen molar-refractivity contribution in [1.29, 1.82) is 5.26 Å². The number of nitrogen functional groups attached to an aromatic ring is 1. The molecule has 0 aliphatic heterocycles. The Kier molecular flexibility index (Phi) is 3.75. The molecule has 1 rings (SSSR count). The molecule has 4 N–H and O–H groups in total. The number of ether oxygens (including phenoxy) is 1. The normalized spacial score (nSPS) is 11.0. The molecule has 0 fully saturated rings. The lowest BCUT2D eigenvalue weighted by Gasteiger charge is -2.14. The number of hydrogen-bond acceptors (Lipinski definition) is 5. The van der Waals surface area contributed by atoms with Crippen LogP contribution in [0.3, 0.4) is 0 Å². The van der Waals surface area contributed by atoms with Gasteiger partial charge in [0.1, 0.15) is 0 Å². The molecule has 0 unspecified atom stereocenters. The molecule has 0 amide bonds. The van der Waals surface area contributed by atoms with Crippen LogP contribution in [-0.4, -0.2) is 11.3 Å². The zero-order valence-corrected chi connectivity index (χ0v) is 8.58. The SMILES string of the molecule is N#CCc1ncc(OC(F)(F)F)c(CN)c1N. The van der Waals surface area contributed by atoms with Crippen LogP contribution in [0.2, 0.25) is 0 Å². The molecule has 0 atom stereocenters. The number of nitrogens with zero attached hydrogens (tertiary/aromatic N) is 2. The Labute approximate surface area is 94.8 Å². The van der Waals surface area contributed by atoms with Crippen LogP contribution >= 0.6 is 0 Å². The Morgan fingerprint density at radius 2 is 2.12 bits per heavy atom. The van der Waals surface area contributed by atoms with E-state index in [4.69, 9.17) is 16.7 Å². The van der Waals surface area contributed by atoms with Gasteiger partial charge < -0.3 is 16.2 Å². The standard InChI is InChI=1S/C9H9F3N4O/c10-9(11,12)17-7-4-16-6(1-2-13)8(15)5(7)3-14/h4H,1,3,14-15H2. The van der Waals surface area contributed by atoms with Gasteiger partial charge in [0.15, 0.2) is 5.75 Å². The van der Waals surface area contributed by atoms with E-state index < -0.39 is 12.1 Å². The molecule has 1 aromatic heterocycles. The average Bonchev–Trinajstić information content (AvgIpc) is 2.21. The van der Waals surface area contributed by atoms with E-state index >= 15 is 0 Å². The van der Waals surface area contributed by atoms with E-state index in [2.05, 4.69) is 9.72 Å². The number of alkyl halides is 3. The average molecular weight is 246 g/mol. The zero-order chi connectivity index (χ0) is 13.1. The van der Waals surface area contributed by atoms with Gasteiger partial charge in [-0.15, -0.1) is 13.2 Å². The van der Waals surface area contributed by atoms with E-state index in [1.54, 1.807) is 6.07 Å². The highest BCUT2D eigenvalue weighted by atomic mass is 19.4. The van der Waals surface area contributed by atoms with Crippen LogP contribution in [0.25, 0.3) is 0 Å². The minimum atomic E-state index is -4.84. The van der Waals surface area contributed by atoms with Crippen LogP contribution in [0.15, 0.2) is 6.20 Å². The fourth-order valence-electron chi connectivity index (χ4n) is 1.23. The number of pyridine rings is 1. The highest BCUT2D eigenvalue weighted by Crippen LogP contribution is 2.30. The van der Waals surface area contributed by atoms with Crippen LogP contribution in [-0.2, 0) is 13.0 Å². The minimum Gasteiger partial charge on any atom is -0.404 e. The third kappa shape index (κ3) is 3.22. The molecule has 0 bridgehead atoms. The Morgan fingerprint density at radius 3 is 2.59 bits per heavy atom. The first-order valence-electron chi connectivity index (χ1n) is 4.48. The van der Waals surface area contributed by atoms with Crippen molar-refractivity contribution < 1.29 is 17.9 Å². The summed E-state index contributed by atoms with van der Waals surface area (Å²) in [7, 11) is 0. The van der Waals surface area contributed by atoms with Gasteiger partial charge in [-0.3, -0.25) is 4.98 Å². The predicted molar refractivity (Wildman–Crippen MR) is 52.5 cm³/mol. The van der Waals surface area contributed by atoms with Crippen LogP contribution in [0, 0.1) is 11.3 Å². The van der Waals surface area contributed by atoms with Crippen molar-refractivity contribution in [1.82, 2.24) is 4.98 Å². The number of rotatable bonds is 3. The zero-order valence-electron chi connectivity index (χ0n) is 8.58. The quantitative estimate of drug-likeness (QED) is 0.831. The second kappa shape index (κ2) is 4.88. The summed E-state index contributed by atoms with van der Waals surface area (Å²) in [5.74, 6) is -0.542. The molecule has 0 aliphatic carbocycles. The number of halogens is 3. The molecule has 0 radical (unpaired) electrons. The summed E-state index contributed by atoms with van der Waals surface area (Å²) in [5.41, 5.74) is 11.0. The maximum atomic E-state index is 12.1. The van der Waals surface area contributed by atoms with E-state index in [0.29, 0.717) is 0 Å². The molecule has 92 valence electrons. The predicted octanol–water partition coefficient (Wildman–Crippen LogP) is 1.09. The topological polar surface area (TPSA) is 97.9 Å². The molecular weight excluding hydrogens is 237 g/mol. The van der Waals surface area contributed by atoms with Gasteiger partial charge in [0.2, 0.25) is 0 Å². The Bertz CT molecular complexity index is 453. The summed E-state index contributed by atoms with van der Waals surface area (Å²) in [6, 6.07) is 1.80. The highest BCUT2D eigenvalue weighted by molar-refractivity contribution is 5.57. The number of aromatic nitrogens is 1. The number of nitriles is 1. The van der Waals surface area contributed by atoms with Gasteiger partial charge in [0.05, 0.1) is 30.1 Å². The van der Waals surface area contributed by atoms with E-state index in [1.165, 1.54) is 0 Å². The van der Waals surface area contributed by atoms with Crippen LogP contribution in [0.5, 0.6) is 5.75 Å². The van der Waals surface area contributed by atoms with E-state index in [1.807, 2.05) is 0 Å². The molecule has 0 aromatic carbocycles. The summed E-state index contributed by atoms with van der Waals surface area (Å²) in [6.45, 7) is -0.238. The van der Waals surface area contributed by atoms with Gasteiger partial charge in [0.25, 0.3) is 0 Å². The second-order valence-corrected chi connectivity index (χ2v) is 3.05. The fourth-order valence-corrected chi connectivity index (χ4v) is 1.23. The first-order chi connectivity index (χ1) is 7.89. The fraction of sp³-hybridized carbons (Fsp3) is 0.333. The molecule has 1 heterocycles. The van der Waals surface area contributed by atoms with Crippen LogP contribution in [0.4, 0.5) is 18.9 Å². The lowest BCUT2D eigenvalue weighted by atomic mass is 10.1. The smallest absolute Gasteiger partial charge is 0.404 e. The van der Waals surface area contributed by atoms with Gasteiger partial charge in [-0.25, -0.2) is 0 Å². The third-order valence-electron chi connectivity index (χ3n) is 1.95. The Balaban J connectivity index is 3.17. The van der Waals surface area contributed by atoms with E-state index in [0.717, 1.165) is 6.20 Å². The summed E-state index contributed by atoms with van der Waals surface area (Å²) >= 11 is 0. The van der Waals surface area contributed by atoms with Gasteiger partial charge in [0, 0.05) is 12.1 Å². The monoisotopic (exact) mass is 246 g/mol. The maximum absolute atomic E-state index is 12.1. The highest BCUT2D eigenvalue weighted by Gasteiger charge is 2.32. The molecule has 0 aliphatic rings. The van der Waals surface area contributed by atoms with E-state index in [9.17, 15) is 13.2 Å². The lowest BCUT2D eigenvalue weighted by molar-refractivity contribution is -0.275. The van der Waals surface area contributed by atoms with Crippen molar-refractivity contribution in [3.8, 4) is 11.8 Å². The number of hydrogen-bond donors (Lipinski definition) is 2. The molecule has 0 saturated carbocycles. The first kappa shape index (κ1) is 13.1. The summed E-state index contributed by atoms with van der Waals surface area (Å²) in [5, 5.41) is 8.48. The summed E-state index contributed by atoms with van der Waals surface area (Å²) in [4.78, 5) is 3.63. The van der Waals surface area contributed by atoms with Crippen molar-refractivity contribution >= 4 is 5.69 Å². The molecule has 5 nitrogen and oxygen atoms in total. The Hall–Kier alpha value is -2.01. The van der Waals surface area contributed by atoms with Crippen molar-refractivity contribution in [2.24, 2.45) is 5.73 Å². The van der Waals surface area contributed by atoms with Crippen LogP contribution < -0.4 is 16.2 Å². The van der Waals surface area contributed by atoms with E-state index in [-0.39, 0.29) is 29.9 Å². The number of anilines is 1. The maximum Gasteiger partial charge on any atom is 0.573 e. The van der Waals surface area contributed by atoms with Crippen molar-refractivity contribution in [2.45, 2.75) is 19.3 Å². The van der Waals surface area contributed by atoms with Crippen LogP contribution in [0.1, 0.15) is 11.3 Å². The van der Waals surface area contributed by atoms with Gasteiger partial charge in [-0.1, -0.05) is 0 Å². The first-order valence-corrected chi connectivity index (χ1v) is 4.48. The third-order valence-corrected chi connectivity index (χ3v) is 1.95. The summed E-state index contributed by atoms with van der Waals surface area (Å²) in [6.07, 6.45) is -4.08. The van der Waals surface area contributed by atoms with Gasteiger partial charge in [-0.05, 0) is 0 Å². The number of nitrogens with two attached hydrogens (primary N) is 2. The van der Waals surface area contributed by atoms with Crippen molar-refractivity contribution in [2.75, 3.05) is 5.73 Å². The second-order valence-electron chi connectivity index (χ2n) is 3.05. The molecule has 17 heavy (non-hydrogen) atoms. The molecule has 8 heteroatoms. The van der Waals surface area contributed by atoms with Gasteiger partial charge >= 0.3 is 6.36 Å². The largest absolute Gasteiger partial charge is 0.573 e. The molecule has 0 spiro atoms. The Morgan fingerprint density at radius 1 is 1.47 bits per heavy atom. The molecular formula is C9H9F3N4O. The van der Waals surface area contributed by atoms with Crippen molar-refractivity contribution in [3.05, 3.63) is 17.5 Å².